The normalized spacial score (nSPS) is 16.5. The summed E-state index contributed by atoms with van der Waals surface area (Å²) in [7, 11) is 0. The lowest BCUT2D eigenvalue weighted by Gasteiger charge is -2.17. The second-order valence-electron chi connectivity index (χ2n) is 7.58. The summed E-state index contributed by atoms with van der Waals surface area (Å²) in [6.45, 7) is 4.04. The number of nitrogens with one attached hydrogen (secondary N) is 1. The summed E-state index contributed by atoms with van der Waals surface area (Å²) in [4.78, 5) is 17.7. The van der Waals surface area contributed by atoms with E-state index < -0.39 is 5.91 Å². The van der Waals surface area contributed by atoms with Gasteiger partial charge in [-0.3, -0.25) is 9.69 Å². The number of pyridine rings is 1. The molecule has 0 aliphatic carbocycles. The number of amides is 1. The summed E-state index contributed by atoms with van der Waals surface area (Å²) in [5, 5.41) is 3.66. The first-order valence-electron chi connectivity index (χ1n) is 10.2. The van der Waals surface area contributed by atoms with E-state index in [-0.39, 0.29) is 0 Å². The van der Waals surface area contributed by atoms with E-state index in [1.54, 1.807) is 12.1 Å². The number of likely N-dealkylation sites (tertiary alicyclic amines) is 1. The molecule has 1 aromatic heterocycles. The molecule has 6 heteroatoms. The molecule has 3 aromatic rings. The van der Waals surface area contributed by atoms with Crippen LogP contribution < -0.4 is 15.8 Å². The van der Waals surface area contributed by atoms with Gasteiger partial charge < -0.3 is 15.8 Å². The largest absolute Gasteiger partial charge is 0.439 e. The number of ether oxygens (including phenoxy) is 1. The number of primary amides is 1. The third-order valence-electron chi connectivity index (χ3n) is 5.28. The van der Waals surface area contributed by atoms with Crippen LogP contribution in [0.1, 0.15) is 27.9 Å². The van der Waals surface area contributed by atoms with Gasteiger partial charge >= 0.3 is 0 Å². The molecule has 1 atom stereocenters. The Morgan fingerprint density at radius 2 is 1.87 bits per heavy atom. The monoisotopic (exact) mass is 402 g/mol. The minimum absolute atomic E-state index is 0.359. The van der Waals surface area contributed by atoms with Crippen LogP contribution in [0.5, 0.6) is 11.6 Å². The van der Waals surface area contributed by atoms with E-state index in [0.717, 1.165) is 26.2 Å². The second-order valence-corrected chi connectivity index (χ2v) is 7.58. The van der Waals surface area contributed by atoms with Crippen molar-refractivity contribution in [2.45, 2.75) is 25.6 Å². The van der Waals surface area contributed by atoms with E-state index in [9.17, 15) is 4.79 Å². The van der Waals surface area contributed by atoms with Gasteiger partial charge in [-0.1, -0.05) is 42.5 Å². The molecule has 6 nitrogen and oxygen atoms in total. The quantitative estimate of drug-likeness (QED) is 0.604. The van der Waals surface area contributed by atoms with Crippen LogP contribution in [0.25, 0.3) is 0 Å². The van der Waals surface area contributed by atoms with Gasteiger partial charge in [-0.25, -0.2) is 4.98 Å². The zero-order valence-corrected chi connectivity index (χ0v) is 16.8. The lowest BCUT2D eigenvalue weighted by molar-refractivity contribution is 0.1000. The van der Waals surface area contributed by atoms with Crippen LogP contribution in [0.2, 0.25) is 0 Å². The van der Waals surface area contributed by atoms with E-state index in [0.29, 0.717) is 23.2 Å². The van der Waals surface area contributed by atoms with Gasteiger partial charge in [0.1, 0.15) is 5.75 Å². The minimum Gasteiger partial charge on any atom is -0.439 e. The number of aromatic nitrogens is 1. The van der Waals surface area contributed by atoms with Gasteiger partial charge in [0.2, 0.25) is 11.8 Å². The van der Waals surface area contributed by atoms with Crippen LogP contribution in [0, 0.1) is 0 Å². The number of benzene rings is 2. The highest BCUT2D eigenvalue weighted by Crippen LogP contribution is 2.20. The van der Waals surface area contributed by atoms with Gasteiger partial charge in [0.15, 0.2) is 0 Å². The first-order valence-corrected chi connectivity index (χ1v) is 10.2. The van der Waals surface area contributed by atoms with Gasteiger partial charge in [-0.2, -0.15) is 0 Å². The zero-order chi connectivity index (χ0) is 20.8. The van der Waals surface area contributed by atoms with Gasteiger partial charge in [0.25, 0.3) is 0 Å². The van der Waals surface area contributed by atoms with E-state index in [4.69, 9.17) is 10.5 Å². The van der Waals surface area contributed by atoms with Gasteiger partial charge in [-0.05, 0) is 35.7 Å². The summed E-state index contributed by atoms with van der Waals surface area (Å²) in [6.07, 6.45) is 2.58. The molecular weight excluding hydrogens is 376 g/mol. The molecule has 1 amide bonds. The molecule has 2 aromatic carbocycles. The summed E-state index contributed by atoms with van der Waals surface area (Å²) < 4.78 is 5.73. The Morgan fingerprint density at radius 1 is 1.07 bits per heavy atom. The van der Waals surface area contributed by atoms with Crippen molar-refractivity contribution in [1.29, 1.82) is 0 Å². The fraction of sp³-hybridized carbons (Fsp3) is 0.250. The number of hydrogen-bond donors (Lipinski definition) is 2. The molecule has 2 heterocycles. The molecular formula is C24H26N4O2. The summed E-state index contributed by atoms with van der Waals surface area (Å²) >= 11 is 0. The minimum atomic E-state index is -0.503. The Morgan fingerprint density at radius 3 is 2.57 bits per heavy atom. The number of carbonyl (C=O) groups excluding carboxylic acids is 1. The van der Waals surface area contributed by atoms with E-state index in [2.05, 4.69) is 57.7 Å². The third-order valence-corrected chi connectivity index (χ3v) is 5.28. The van der Waals surface area contributed by atoms with E-state index in [1.165, 1.54) is 23.7 Å². The van der Waals surface area contributed by atoms with Crippen molar-refractivity contribution in [2.75, 3.05) is 13.1 Å². The molecule has 0 saturated carbocycles. The lowest BCUT2D eigenvalue weighted by atomic mass is 10.2. The van der Waals surface area contributed by atoms with Crippen molar-refractivity contribution in [3.63, 3.8) is 0 Å². The van der Waals surface area contributed by atoms with Crippen LogP contribution in [-0.4, -0.2) is 34.9 Å². The third kappa shape index (κ3) is 5.43. The molecule has 0 radical (unpaired) electrons. The molecule has 1 fully saturated rings. The van der Waals surface area contributed by atoms with Crippen molar-refractivity contribution in [2.24, 2.45) is 5.73 Å². The first-order chi connectivity index (χ1) is 14.7. The molecule has 1 saturated heterocycles. The van der Waals surface area contributed by atoms with E-state index in [1.807, 2.05) is 12.1 Å². The number of rotatable bonds is 8. The molecule has 0 bridgehead atoms. The Labute approximate surface area is 176 Å². The van der Waals surface area contributed by atoms with Crippen LogP contribution in [0.4, 0.5) is 0 Å². The Kier molecular flexibility index (Phi) is 6.37. The molecule has 1 aliphatic heterocycles. The van der Waals surface area contributed by atoms with Gasteiger partial charge in [0, 0.05) is 44.5 Å². The highest BCUT2D eigenvalue weighted by Gasteiger charge is 2.21. The first kappa shape index (κ1) is 20.1. The van der Waals surface area contributed by atoms with Crippen molar-refractivity contribution in [1.82, 2.24) is 15.2 Å². The zero-order valence-electron chi connectivity index (χ0n) is 16.8. The Hall–Kier alpha value is -3.22. The molecule has 0 spiro atoms. The molecule has 1 aliphatic rings. The maximum absolute atomic E-state index is 11.1. The summed E-state index contributed by atoms with van der Waals surface area (Å²) in [6, 6.07) is 22.3. The second kappa shape index (κ2) is 9.52. The summed E-state index contributed by atoms with van der Waals surface area (Å²) in [5.41, 5.74) is 8.16. The topological polar surface area (TPSA) is 80.5 Å². The van der Waals surface area contributed by atoms with Crippen LogP contribution in [-0.2, 0) is 13.1 Å². The average molecular weight is 402 g/mol. The van der Waals surface area contributed by atoms with Gasteiger partial charge in [0.05, 0.1) is 5.56 Å². The van der Waals surface area contributed by atoms with Crippen molar-refractivity contribution < 1.29 is 9.53 Å². The van der Waals surface area contributed by atoms with Crippen LogP contribution >= 0.6 is 0 Å². The molecule has 154 valence electrons. The smallest absolute Gasteiger partial charge is 0.250 e. The molecule has 4 rings (SSSR count). The Balaban J connectivity index is 1.23. The van der Waals surface area contributed by atoms with Crippen LogP contribution in [0.15, 0.2) is 72.9 Å². The Bertz CT molecular complexity index is 959. The SMILES string of the molecule is NC(=O)c1ccc(Oc2ccc(CN[C@H]3CCN(Cc4ccccc4)C3)cc2)nc1. The van der Waals surface area contributed by atoms with Crippen molar-refractivity contribution in [3.05, 3.63) is 89.6 Å². The number of nitrogens with two attached hydrogens (primary N) is 1. The molecule has 0 unspecified atom stereocenters. The van der Waals surface area contributed by atoms with Crippen molar-refractivity contribution in [3.8, 4) is 11.6 Å². The fourth-order valence-corrected chi connectivity index (χ4v) is 3.63. The average Bonchev–Trinajstić information content (AvgIpc) is 3.21. The fourth-order valence-electron chi connectivity index (χ4n) is 3.63. The highest BCUT2D eigenvalue weighted by molar-refractivity contribution is 5.92. The number of hydrogen-bond acceptors (Lipinski definition) is 5. The predicted octanol–water partition coefficient (Wildman–Crippen LogP) is 3.34. The standard InChI is InChI=1S/C24H26N4O2/c25-24(29)20-8-11-23(27-15-20)30-22-9-6-18(7-10-22)14-26-21-12-13-28(17-21)16-19-4-2-1-3-5-19/h1-11,15,21,26H,12-14,16-17H2,(H2,25,29)/t21-/m0/s1. The molecule has 30 heavy (non-hydrogen) atoms. The van der Waals surface area contributed by atoms with E-state index >= 15 is 0 Å². The predicted molar refractivity (Wildman–Crippen MR) is 116 cm³/mol. The maximum atomic E-state index is 11.1. The van der Waals surface area contributed by atoms with Crippen molar-refractivity contribution >= 4 is 5.91 Å². The number of carbonyl (C=O) groups is 1. The molecule has 3 N–H and O–H groups in total. The lowest BCUT2D eigenvalue weighted by Crippen LogP contribution is -2.31. The highest BCUT2D eigenvalue weighted by atomic mass is 16.5. The van der Waals surface area contributed by atoms with Gasteiger partial charge in [-0.15, -0.1) is 0 Å². The number of nitrogens with zero attached hydrogens (tertiary/aromatic N) is 2. The van der Waals surface area contributed by atoms with Crippen LogP contribution in [0.3, 0.4) is 0 Å². The summed E-state index contributed by atoms with van der Waals surface area (Å²) in [5.74, 6) is 0.625. The maximum Gasteiger partial charge on any atom is 0.250 e.